The van der Waals surface area contributed by atoms with Gasteiger partial charge in [0.2, 0.25) is 6.10 Å². The van der Waals surface area contributed by atoms with Gasteiger partial charge < -0.3 is 14.2 Å². The molecule has 1 aromatic rings. The fraction of sp³-hybridized carbons (Fsp3) is 0.400. The van der Waals surface area contributed by atoms with Crippen LogP contribution in [0.1, 0.15) is 23.2 Å². The first-order valence-corrected chi connectivity index (χ1v) is 7.83. The van der Waals surface area contributed by atoms with Gasteiger partial charge in [-0.25, -0.2) is 9.59 Å². The van der Waals surface area contributed by atoms with Crippen molar-refractivity contribution in [2.45, 2.75) is 29.1 Å². The molecular weight excluding hydrogens is 308 g/mol. The smallest absolute Gasteiger partial charge is 0.347 e. The molecule has 22 heavy (non-hydrogen) atoms. The van der Waals surface area contributed by atoms with Gasteiger partial charge in [-0.15, -0.1) is 11.8 Å². The van der Waals surface area contributed by atoms with E-state index in [0.29, 0.717) is 29.9 Å². The molecule has 0 radical (unpaired) electrons. The molecule has 0 aromatic heterocycles. The third-order valence-corrected chi connectivity index (χ3v) is 4.72. The molecule has 2 aliphatic rings. The number of carbonyl (C=O) groups is 3. The topological polar surface area (TPSA) is 78.9 Å². The minimum absolute atomic E-state index is 0.265. The minimum atomic E-state index is -0.845. The zero-order valence-electron chi connectivity index (χ0n) is 11.7. The SMILES string of the molecule is O=C(O[C@@H]1CCOC1=O)c1ccccc1S[C@@H]1CCOC1=O. The van der Waals surface area contributed by atoms with Gasteiger partial charge in [-0.05, 0) is 12.1 Å². The summed E-state index contributed by atoms with van der Waals surface area (Å²) in [6.07, 6.45) is 0.137. The lowest BCUT2D eigenvalue weighted by atomic mass is 10.2. The molecule has 0 amide bonds. The average molecular weight is 322 g/mol. The third-order valence-electron chi connectivity index (χ3n) is 3.40. The van der Waals surface area contributed by atoms with Gasteiger partial charge in [-0.1, -0.05) is 12.1 Å². The van der Waals surface area contributed by atoms with Crippen LogP contribution in [-0.2, 0) is 23.8 Å². The number of hydrogen-bond acceptors (Lipinski definition) is 7. The number of benzene rings is 1. The Morgan fingerprint density at radius 2 is 1.82 bits per heavy atom. The summed E-state index contributed by atoms with van der Waals surface area (Å²) in [5.41, 5.74) is 0.340. The number of carbonyl (C=O) groups excluding carboxylic acids is 3. The van der Waals surface area contributed by atoms with Gasteiger partial charge in [0.15, 0.2) is 0 Å². The van der Waals surface area contributed by atoms with E-state index in [-0.39, 0.29) is 17.8 Å². The van der Waals surface area contributed by atoms with Crippen molar-refractivity contribution in [3.63, 3.8) is 0 Å². The van der Waals surface area contributed by atoms with E-state index in [4.69, 9.17) is 14.2 Å². The zero-order valence-corrected chi connectivity index (χ0v) is 12.5. The maximum atomic E-state index is 12.3. The summed E-state index contributed by atoms with van der Waals surface area (Å²) in [6, 6.07) is 6.86. The summed E-state index contributed by atoms with van der Waals surface area (Å²) in [6.45, 7) is 0.665. The summed E-state index contributed by atoms with van der Waals surface area (Å²) in [5, 5.41) is -0.314. The highest BCUT2D eigenvalue weighted by Gasteiger charge is 2.32. The maximum Gasteiger partial charge on any atom is 0.347 e. The van der Waals surface area contributed by atoms with Crippen molar-refractivity contribution >= 4 is 29.7 Å². The van der Waals surface area contributed by atoms with Crippen molar-refractivity contribution in [3.05, 3.63) is 29.8 Å². The molecule has 0 N–H and O–H groups in total. The third kappa shape index (κ3) is 3.09. The van der Waals surface area contributed by atoms with Crippen molar-refractivity contribution < 1.29 is 28.6 Å². The van der Waals surface area contributed by atoms with Gasteiger partial charge in [0, 0.05) is 17.7 Å². The molecule has 2 atom stereocenters. The molecule has 2 fully saturated rings. The molecule has 116 valence electrons. The first kappa shape index (κ1) is 14.9. The minimum Gasteiger partial charge on any atom is -0.465 e. The molecule has 0 aliphatic carbocycles. The van der Waals surface area contributed by atoms with E-state index >= 15 is 0 Å². The van der Waals surface area contributed by atoms with E-state index in [2.05, 4.69) is 0 Å². The second-order valence-electron chi connectivity index (χ2n) is 4.91. The van der Waals surface area contributed by atoms with Gasteiger partial charge in [-0.2, -0.15) is 0 Å². The predicted molar refractivity (Wildman–Crippen MR) is 76.4 cm³/mol. The van der Waals surface area contributed by atoms with Crippen LogP contribution in [0.15, 0.2) is 29.2 Å². The summed E-state index contributed by atoms with van der Waals surface area (Å²) in [4.78, 5) is 35.8. The number of thioether (sulfide) groups is 1. The van der Waals surface area contributed by atoms with E-state index in [1.165, 1.54) is 11.8 Å². The normalized spacial score (nSPS) is 24.0. The molecule has 2 aliphatic heterocycles. The fourth-order valence-corrected chi connectivity index (χ4v) is 3.37. The van der Waals surface area contributed by atoms with E-state index in [0.717, 1.165) is 0 Å². The predicted octanol–water partition coefficient (Wildman–Crippen LogP) is 1.57. The van der Waals surface area contributed by atoms with Crippen molar-refractivity contribution in [2.75, 3.05) is 13.2 Å². The fourth-order valence-electron chi connectivity index (χ4n) is 2.25. The Kier molecular flexibility index (Phi) is 4.33. The van der Waals surface area contributed by atoms with Gasteiger partial charge in [0.05, 0.1) is 18.8 Å². The second-order valence-corrected chi connectivity index (χ2v) is 6.15. The van der Waals surface area contributed by atoms with E-state index in [1.54, 1.807) is 24.3 Å². The zero-order chi connectivity index (χ0) is 15.5. The first-order valence-electron chi connectivity index (χ1n) is 6.95. The lowest BCUT2D eigenvalue weighted by molar-refractivity contribution is -0.145. The Morgan fingerprint density at radius 1 is 1.09 bits per heavy atom. The van der Waals surface area contributed by atoms with Crippen LogP contribution in [-0.4, -0.2) is 42.5 Å². The standard InChI is InChI=1S/C15H14O6S/c16-13(21-10-5-7-19-14(10)17)9-3-1-2-4-11(9)22-12-6-8-20-15(12)18/h1-4,10,12H,5-8H2/t10-,12-/m1/s1. The maximum absolute atomic E-state index is 12.3. The Balaban J connectivity index is 1.74. The van der Waals surface area contributed by atoms with Crippen molar-refractivity contribution in [1.82, 2.24) is 0 Å². The van der Waals surface area contributed by atoms with Crippen LogP contribution >= 0.6 is 11.8 Å². The van der Waals surface area contributed by atoms with E-state index < -0.39 is 18.0 Å². The van der Waals surface area contributed by atoms with Gasteiger partial charge in [0.25, 0.3) is 0 Å². The molecule has 2 saturated heterocycles. The number of hydrogen-bond donors (Lipinski definition) is 0. The number of cyclic esters (lactones) is 2. The van der Waals surface area contributed by atoms with Crippen molar-refractivity contribution in [1.29, 1.82) is 0 Å². The van der Waals surface area contributed by atoms with E-state index in [1.807, 2.05) is 0 Å². The molecule has 7 heteroatoms. The second kappa shape index (κ2) is 6.39. The molecule has 1 aromatic carbocycles. The summed E-state index contributed by atoms with van der Waals surface area (Å²) >= 11 is 1.28. The number of rotatable bonds is 4. The highest BCUT2D eigenvalue weighted by Crippen LogP contribution is 2.32. The van der Waals surface area contributed by atoms with Crippen LogP contribution in [0.5, 0.6) is 0 Å². The lowest BCUT2D eigenvalue weighted by Gasteiger charge is -2.12. The average Bonchev–Trinajstić information content (AvgIpc) is 3.09. The van der Waals surface area contributed by atoms with Crippen LogP contribution in [0.2, 0.25) is 0 Å². The van der Waals surface area contributed by atoms with Crippen molar-refractivity contribution in [2.24, 2.45) is 0 Å². The first-order chi connectivity index (χ1) is 10.6. The van der Waals surface area contributed by atoms with Crippen LogP contribution < -0.4 is 0 Å². The Labute approximate surface area is 131 Å². The monoisotopic (exact) mass is 322 g/mol. The van der Waals surface area contributed by atoms with E-state index in [9.17, 15) is 14.4 Å². The van der Waals surface area contributed by atoms with Crippen LogP contribution in [0.25, 0.3) is 0 Å². The molecule has 3 rings (SSSR count). The molecule has 0 saturated carbocycles. The van der Waals surface area contributed by atoms with Gasteiger partial charge >= 0.3 is 17.9 Å². The number of esters is 3. The lowest BCUT2D eigenvalue weighted by Crippen LogP contribution is -2.23. The Morgan fingerprint density at radius 3 is 2.50 bits per heavy atom. The van der Waals surface area contributed by atoms with Crippen LogP contribution in [0.4, 0.5) is 0 Å². The summed E-state index contributed by atoms with van der Waals surface area (Å²) < 4.78 is 14.9. The molecule has 0 unspecified atom stereocenters. The highest BCUT2D eigenvalue weighted by molar-refractivity contribution is 8.00. The molecule has 0 spiro atoms. The Bertz CT molecular complexity index is 614. The highest BCUT2D eigenvalue weighted by atomic mass is 32.2. The quantitative estimate of drug-likeness (QED) is 0.615. The number of ether oxygens (including phenoxy) is 3. The van der Waals surface area contributed by atoms with Crippen LogP contribution in [0.3, 0.4) is 0 Å². The van der Waals surface area contributed by atoms with Gasteiger partial charge in [-0.3, -0.25) is 4.79 Å². The van der Waals surface area contributed by atoms with Crippen molar-refractivity contribution in [3.8, 4) is 0 Å². The largest absolute Gasteiger partial charge is 0.465 e. The molecule has 2 heterocycles. The Hall–Kier alpha value is -2.02. The van der Waals surface area contributed by atoms with Crippen LogP contribution in [0, 0.1) is 0 Å². The summed E-state index contributed by atoms with van der Waals surface area (Å²) in [5.74, 6) is -1.37. The summed E-state index contributed by atoms with van der Waals surface area (Å²) in [7, 11) is 0. The molecule has 6 nitrogen and oxygen atoms in total. The van der Waals surface area contributed by atoms with Gasteiger partial charge in [0.1, 0.15) is 5.25 Å². The molecule has 0 bridgehead atoms. The molecular formula is C15H14O6S.